The SMILES string of the molecule is CC1CCN(C(=O)c2cc([C@H]3CCCN(Cc4ccccn4)C3)no2)CC1. The van der Waals surface area contributed by atoms with Gasteiger partial charge < -0.3 is 9.42 Å². The Morgan fingerprint density at radius 2 is 2.07 bits per heavy atom. The lowest BCUT2D eigenvalue weighted by molar-refractivity contribution is 0.0655. The van der Waals surface area contributed by atoms with Crippen LogP contribution in [0.2, 0.25) is 0 Å². The highest BCUT2D eigenvalue weighted by Gasteiger charge is 2.28. The van der Waals surface area contributed by atoms with Gasteiger partial charge in [0.15, 0.2) is 0 Å². The van der Waals surface area contributed by atoms with Crippen LogP contribution in [0.15, 0.2) is 35.0 Å². The van der Waals surface area contributed by atoms with Gasteiger partial charge in [0.05, 0.1) is 11.4 Å². The van der Waals surface area contributed by atoms with Crippen LogP contribution >= 0.6 is 0 Å². The molecule has 0 saturated carbocycles. The first-order chi connectivity index (χ1) is 13.2. The summed E-state index contributed by atoms with van der Waals surface area (Å²) in [6, 6.07) is 7.91. The molecule has 0 radical (unpaired) electrons. The van der Waals surface area contributed by atoms with Gasteiger partial charge in [0, 0.05) is 44.4 Å². The van der Waals surface area contributed by atoms with E-state index in [0.29, 0.717) is 17.6 Å². The Morgan fingerprint density at radius 3 is 2.85 bits per heavy atom. The molecule has 27 heavy (non-hydrogen) atoms. The van der Waals surface area contributed by atoms with Crippen LogP contribution in [0.1, 0.15) is 60.5 Å². The van der Waals surface area contributed by atoms with Gasteiger partial charge in [-0.1, -0.05) is 18.1 Å². The van der Waals surface area contributed by atoms with E-state index in [-0.39, 0.29) is 5.91 Å². The second-order valence-electron chi connectivity index (χ2n) is 7.99. The normalized spacial score (nSPS) is 22.1. The molecule has 0 aliphatic carbocycles. The molecule has 2 saturated heterocycles. The van der Waals surface area contributed by atoms with Crippen molar-refractivity contribution < 1.29 is 9.32 Å². The van der Waals surface area contributed by atoms with Crippen LogP contribution in [0.4, 0.5) is 0 Å². The van der Waals surface area contributed by atoms with Crippen LogP contribution in [-0.2, 0) is 6.54 Å². The van der Waals surface area contributed by atoms with Crippen molar-refractivity contribution in [1.29, 1.82) is 0 Å². The fourth-order valence-corrected chi connectivity index (χ4v) is 4.11. The summed E-state index contributed by atoms with van der Waals surface area (Å²) in [5, 5.41) is 4.25. The first kappa shape index (κ1) is 18.2. The lowest BCUT2D eigenvalue weighted by Crippen LogP contribution is -2.37. The highest BCUT2D eigenvalue weighted by Crippen LogP contribution is 2.28. The molecule has 4 heterocycles. The van der Waals surface area contributed by atoms with Crippen molar-refractivity contribution in [3.8, 4) is 0 Å². The van der Waals surface area contributed by atoms with Crippen molar-refractivity contribution in [2.24, 2.45) is 5.92 Å². The number of carbonyl (C=O) groups excluding carboxylic acids is 1. The van der Waals surface area contributed by atoms with E-state index in [2.05, 4.69) is 28.0 Å². The molecule has 0 aromatic carbocycles. The van der Waals surface area contributed by atoms with Crippen LogP contribution in [0, 0.1) is 5.92 Å². The Morgan fingerprint density at radius 1 is 1.22 bits per heavy atom. The minimum atomic E-state index is -0.0122. The number of hydrogen-bond acceptors (Lipinski definition) is 5. The third kappa shape index (κ3) is 4.38. The van der Waals surface area contributed by atoms with Crippen LogP contribution in [-0.4, -0.2) is 52.0 Å². The van der Waals surface area contributed by atoms with E-state index >= 15 is 0 Å². The molecule has 144 valence electrons. The van der Waals surface area contributed by atoms with Gasteiger partial charge in [-0.2, -0.15) is 0 Å². The number of rotatable bonds is 4. The van der Waals surface area contributed by atoms with Crippen LogP contribution < -0.4 is 0 Å². The second kappa shape index (κ2) is 8.21. The number of nitrogens with zero attached hydrogens (tertiary/aromatic N) is 4. The molecule has 0 N–H and O–H groups in total. The minimum absolute atomic E-state index is 0.0122. The van der Waals surface area contributed by atoms with E-state index in [0.717, 1.165) is 69.8 Å². The van der Waals surface area contributed by atoms with E-state index in [4.69, 9.17) is 4.52 Å². The summed E-state index contributed by atoms with van der Waals surface area (Å²) < 4.78 is 5.44. The third-order valence-corrected chi connectivity index (χ3v) is 5.85. The first-order valence-corrected chi connectivity index (χ1v) is 10.1. The lowest BCUT2D eigenvalue weighted by Gasteiger charge is -2.31. The molecule has 6 nitrogen and oxygen atoms in total. The van der Waals surface area contributed by atoms with E-state index in [9.17, 15) is 4.79 Å². The topological polar surface area (TPSA) is 62.5 Å². The fourth-order valence-electron chi connectivity index (χ4n) is 4.11. The van der Waals surface area contributed by atoms with E-state index in [1.165, 1.54) is 0 Å². The Balaban J connectivity index is 1.38. The number of piperidine rings is 2. The zero-order chi connectivity index (χ0) is 18.6. The first-order valence-electron chi connectivity index (χ1n) is 10.1. The van der Waals surface area contributed by atoms with E-state index in [1.54, 1.807) is 0 Å². The van der Waals surface area contributed by atoms with Crippen molar-refractivity contribution in [1.82, 2.24) is 19.9 Å². The summed E-state index contributed by atoms with van der Waals surface area (Å²) in [5.74, 6) is 1.39. The Labute approximate surface area is 160 Å². The Hall–Kier alpha value is -2.21. The molecule has 2 fully saturated rings. The molecule has 6 heteroatoms. The molecular weight excluding hydrogens is 340 g/mol. The summed E-state index contributed by atoms with van der Waals surface area (Å²) in [6.07, 6.45) is 6.18. The number of likely N-dealkylation sites (tertiary alicyclic amines) is 2. The maximum atomic E-state index is 12.7. The third-order valence-electron chi connectivity index (χ3n) is 5.85. The van der Waals surface area contributed by atoms with E-state index in [1.807, 2.05) is 29.3 Å². The average Bonchev–Trinajstić information content (AvgIpc) is 3.19. The molecule has 1 amide bonds. The molecule has 2 aliphatic heterocycles. The molecule has 0 spiro atoms. The van der Waals surface area contributed by atoms with Gasteiger partial charge >= 0.3 is 0 Å². The van der Waals surface area contributed by atoms with Crippen molar-refractivity contribution in [2.75, 3.05) is 26.2 Å². The van der Waals surface area contributed by atoms with Crippen molar-refractivity contribution >= 4 is 5.91 Å². The Kier molecular flexibility index (Phi) is 5.53. The molecule has 4 rings (SSSR count). The largest absolute Gasteiger partial charge is 0.351 e. The summed E-state index contributed by atoms with van der Waals surface area (Å²) in [6.45, 7) is 6.73. The van der Waals surface area contributed by atoms with Gasteiger partial charge in [0.1, 0.15) is 0 Å². The zero-order valence-corrected chi connectivity index (χ0v) is 16.0. The summed E-state index contributed by atoms with van der Waals surface area (Å²) in [4.78, 5) is 21.4. The van der Waals surface area contributed by atoms with Crippen molar-refractivity contribution in [3.63, 3.8) is 0 Å². The summed E-state index contributed by atoms with van der Waals surface area (Å²) in [7, 11) is 0. The van der Waals surface area contributed by atoms with Crippen LogP contribution in [0.5, 0.6) is 0 Å². The number of aromatic nitrogens is 2. The van der Waals surface area contributed by atoms with E-state index < -0.39 is 0 Å². The maximum absolute atomic E-state index is 12.7. The molecule has 0 unspecified atom stereocenters. The highest BCUT2D eigenvalue weighted by molar-refractivity contribution is 5.91. The standard InChI is InChI=1S/C21H28N4O2/c1-16-7-11-25(12-8-16)21(26)20-13-19(23-27-20)17-5-4-10-24(14-17)15-18-6-2-3-9-22-18/h2-3,6,9,13,16-17H,4-5,7-8,10-12,14-15H2,1H3/t17-/m0/s1. The van der Waals surface area contributed by atoms with Gasteiger partial charge in [-0.3, -0.25) is 14.7 Å². The monoisotopic (exact) mass is 368 g/mol. The summed E-state index contributed by atoms with van der Waals surface area (Å²) >= 11 is 0. The lowest BCUT2D eigenvalue weighted by atomic mass is 9.94. The molecule has 2 aromatic heterocycles. The average molecular weight is 368 g/mol. The number of carbonyl (C=O) groups is 1. The quantitative estimate of drug-likeness (QED) is 0.828. The summed E-state index contributed by atoms with van der Waals surface area (Å²) in [5.41, 5.74) is 2.00. The van der Waals surface area contributed by atoms with Crippen LogP contribution in [0.3, 0.4) is 0 Å². The van der Waals surface area contributed by atoms with Crippen molar-refractivity contribution in [3.05, 3.63) is 47.6 Å². The molecule has 2 aliphatic rings. The smallest absolute Gasteiger partial charge is 0.292 e. The molecular formula is C21H28N4O2. The molecule has 0 bridgehead atoms. The maximum Gasteiger partial charge on any atom is 0.292 e. The fraction of sp³-hybridized carbons (Fsp3) is 0.571. The number of hydrogen-bond donors (Lipinski definition) is 0. The molecule has 2 aromatic rings. The number of pyridine rings is 1. The van der Waals surface area contributed by atoms with Gasteiger partial charge in [0.2, 0.25) is 5.76 Å². The van der Waals surface area contributed by atoms with Gasteiger partial charge in [0.25, 0.3) is 5.91 Å². The Bertz CT molecular complexity index is 753. The zero-order valence-electron chi connectivity index (χ0n) is 16.0. The predicted molar refractivity (Wildman–Crippen MR) is 102 cm³/mol. The van der Waals surface area contributed by atoms with Crippen molar-refractivity contribution in [2.45, 2.75) is 45.1 Å². The molecule has 1 atom stereocenters. The van der Waals surface area contributed by atoms with Gasteiger partial charge in [-0.05, 0) is 50.3 Å². The minimum Gasteiger partial charge on any atom is -0.351 e. The van der Waals surface area contributed by atoms with Gasteiger partial charge in [-0.15, -0.1) is 0 Å². The van der Waals surface area contributed by atoms with Crippen LogP contribution in [0.25, 0.3) is 0 Å². The number of amides is 1. The predicted octanol–water partition coefficient (Wildman–Crippen LogP) is 3.32. The second-order valence-corrected chi connectivity index (χ2v) is 7.99. The highest BCUT2D eigenvalue weighted by atomic mass is 16.5. The van der Waals surface area contributed by atoms with Gasteiger partial charge in [-0.25, -0.2) is 0 Å².